The molecule has 0 aliphatic carbocycles. The lowest BCUT2D eigenvalue weighted by molar-refractivity contribution is 0.253. The molecule has 17 heavy (non-hydrogen) atoms. The monoisotopic (exact) mass is 259 g/mol. The first-order valence-electron chi connectivity index (χ1n) is 5.70. The van der Waals surface area contributed by atoms with Gasteiger partial charge in [0.2, 0.25) is 10.0 Å². The van der Waals surface area contributed by atoms with Crippen LogP contribution in [0, 0.1) is 0 Å². The molecule has 1 aliphatic rings. The summed E-state index contributed by atoms with van der Waals surface area (Å²) in [4.78, 5) is 0. The molecular formula is C12H21NO3S. The zero-order valence-corrected chi connectivity index (χ0v) is 11.5. The lowest BCUT2D eigenvalue weighted by Crippen LogP contribution is -2.46. The van der Waals surface area contributed by atoms with Crippen molar-refractivity contribution in [3.63, 3.8) is 0 Å². The summed E-state index contributed by atoms with van der Waals surface area (Å²) in [5.41, 5.74) is 0.881. The summed E-state index contributed by atoms with van der Waals surface area (Å²) < 4.78 is 25.4. The molecule has 1 N–H and O–H groups in total. The zero-order valence-electron chi connectivity index (χ0n) is 10.7. The maximum absolute atomic E-state index is 12.4. The smallest absolute Gasteiger partial charge is 0.219 e. The van der Waals surface area contributed by atoms with Crippen molar-refractivity contribution in [2.45, 2.75) is 38.0 Å². The van der Waals surface area contributed by atoms with Gasteiger partial charge in [0, 0.05) is 13.2 Å². The summed E-state index contributed by atoms with van der Waals surface area (Å²) in [6.07, 6.45) is 3.93. The van der Waals surface area contributed by atoms with Crippen molar-refractivity contribution >= 4 is 10.0 Å². The Labute approximate surface area is 104 Å². The van der Waals surface area contributed by atoms with E-state index in [0.29, 0.717) is 13.0 Å². The van der Waals surface area contributed by atoms with E-state index in [4.69, 9.17) is 5.11 Å². The van der Waals surface area contributed by atoms with Gasteiger partial charge in [0.1, 0.15) is 0 Å². The van der Waals surface area contributed by atoms with E-state index >= 15 is 0 Å². The average Bonchev–Trinajstić information content (AvgIpc) is 2.60. The minimum Gasteiger partial charge on any atom is -0.396 e. The van der Waals surface area contributed by atoms with Crippen LogP contribution in [-0.2, 0) is 10.0 Å². The molecule has 1 aliphatic heterocycles. The average molecular weight is 259 g/mol. The van der Waals surface area contributed by atoms with Gasteiger partial charge in [-0.2, -0.15) is 4.31 Å². The molecular weight excluding hydrogens is 238 g/mol. The van der Waals surface area contributed by atoms with Gasteiger partial charge in [-0.15, -0.1) is 0 Å². The van der Waals surface area contributed by atoms with Crippen LogP contribution in [0.5, 0.6) is 0 Å². The van der Waals surface area contributed by atoms with Gasteiger partial charge in [0.15, 0.2) is 0 Å². The van der Waals surface area contributed by atoms with Crippen molar-refractivity contribution in [3.8, 4) is 0 Å². The molecule has 98 valence electrons. The number of aliphatic hydroxyl groups excluding tert-OH is 1. The first-order valence-corrected chi connectivity index (χ1v) is 7.14. The Kier molecular flexibility index (Phi) is 4.17. The summed E-state index contributed by atoms with van der Waals surface area (Å²) in [6, 6.07) is -0.276. The SMILES string of the molecule is C=CC1=CCN(S(=O)(=O)C(C)(C)C)[C@@H]1CCO. The van der Waals surface area contributed by atoms with Crippen molar-refractivity contribution in [2.24, 2.45) is 0 Å². The van der Waals surface area contributed by atoms with E-state index in [1.165, 1.54) is 4.31 Å². The van der Waals surface area contributed by atoms with Gasteiger partial charge in [-0.3, -0.25) is 0 Å². The number of aliphatic hydroxyl groups is 1. The molecule has 0 saturated heterocycles. The highest BCUT2D eigenvalue weighted by atomic mass is 32.2. The van der Waals surface area contributed by atoms with E-state index in [1.54, 1.807) is 26.8 Å². The Morgan fingerprint density at radius 3 is 2.59 bits per heavy atom. The normalized spacial score (nSPS) is 22.6. The van der Waals surface area contributed by atoms with Gasteiger partial charge >= 0.3 is 0 Å². The topological polar surface area (TPSA) is 57.6 Å². The molecule has 4 nitrogen and oxygen atoms in total. The molecule has 1 atom stereocenters. The summed E-state index contributed by atoms with van der Waals surface area (Å²) in [5, 5.41) is 9.04. The van der Waals surface area contributed by atoms with Gasteiger partial charge < -0.3 is 5.11 Å². The number of rotatable bonds is 4. The van der Waals surface area contributed by atoms with Gasteiger partial charge in [0.25, 0.3) is 0 Å². The third-order valence-electron chi connectivity index (χ3n) is 2.96. The van der Waals surface area contributed by atoms with Gasteiger partial charge in [-0.05, 0) is 32.8 Å². The van der Waals surface area contributed by atoms with Crippen LogP contribution in [0.25, 0.3) is 0 Å². The first-order chi connectivity index (χ1) is 7.75. The van der Waals surface area contributed by atoms with Crippen LogP contribution >= 0.6 is 0 Å². The fourth-order valence-corrected chi connectivity index (χ4v) is 3.43. The minimum absolute atomic E-state index is 0.0357. The second-order valence-electron chi connectivity index (χ2n) is 5.12. The second-order valence-corrected chi connectivity index (χ2v) is 7.77. The quantitative estimate of drug-likeness (QED) is 0.827. The molecule has 1 heterocycles. The van der Waals surface area contributed by atoms with E-state index in [2.05, 4.69) is 6.58 Å². The summed E-state index contributed by atoms with van der Waals surface area (Å²) in [5.74, 6) is 0. The number of hydrogen-bond acceptors (Lipinski definition) is 3. The highest BCUT2D eigenvalue weighted by Crippen LogP contribution is 2.30. The van der Waals surface area contributed by atoms with E-state index in [0.717, 1.165) is 5.57 Å². The van der Waals surface area contributed by atoms with Crippen LogP contribution in [0.4, 0.5) is 0 Å². The van der Waals surface area contributed by atoms with Gasteiger partial charge in [-0.1, -0.05) is 18.7 Å². The summed E-state index contributed by atoms with van der Waals surface area (Å²) >= 11 is 0. The molecule has 0 aromatic rings. The summed E-state index contributed by atoms with van der Waals surface area (Å²) in [7, 11) is -3.37. The minimum atomic E-state index is -3.37. The molecule has 0 bridgehead atoms. The predicted molar refractivity (Wildman–Crippen MR) is 69.1 cm³/mol. The van der Waals surface area contributed by atoms with Crippen LogP contribution < -0.4 is 0 Å². The molecule has 0 aromatic heterocycles. The number of nitrogens with zero attached hydrogens (tertiary/aromatic N) is 1. The Morgan fingerprint density at radius 1 is 1.59 bits per heavy atom. The third kappa shape index (κ3) is 2.61. The lowest BCUT2D eigenvalue weighted by Gasteiger charge is -2.31. The van der Waals surface area contributed by atoms with Crippen LogP contribution in [-0.4, -0.2) is 41.8 Å². The van der Waals surface area contributed by atoms with E-state index in [-0.39, 0.29) is 12.6 Å². The maximum Gasteiger partial charge on any atom is 0.219 e. The summed E-state index contributed by atoms with van der Waals surface area (Å²) in [6.45, 7) is 9.07. The van der Waals surface area contributed by atoms with Crippen molar-refractivity contribution < 1.29 is 13.5 Å². The Morgan fingerprint density at radius 2 is 2.18 bits per heavy atom. The Balaban J connectivity index is 3.06. The van der Waals surface area contributed by atoms with Crippen molar-refractivity contribution in [2.75, 3.05) is 13.2 Å². The second kappa shape index (κ2) is 4.92. The molecule has 0 unspecified atom stereocenters. The van der Waals surface area contributed by atoms with Crippen LogP contribution in [0.1, 0.15) is 27.2 Å². The first kappa shape index (κ1) is 14.4. The molecule has 5 heteroatoms. The van der Waals surface area contributed by atoms with E-state index < -0.39 is 14.8 Å². The largest absolute Gasteiger partial charge is 0.396 e. The molecule has 0 saturated carbocycles. The fourth-order valence-electron chi connectivity index (χ4n) is 1.89. The van der Waals surface area contributed by atoms with Crippen molar-refractivity contribution in [3.05, 3.63) is 24.3 Å². The maximum atomic E-state index is 12.4. The third-order valence-corrected chi connectivity index (χ3v) is 5.53. The zero-order chi connectivity index (χ0) is 13.3. The van der Waals surface area contributed by atoms with Crippen molar-refractivity contribution in [1.82, 2.24) is 4.31 Å². The molecule has 1 rings (SSSR count). The molecule has 0 spiro atoms. The van der Waals surface area contributed by atoms with Gasteiger partial charge in [-0.25, -0.2) is 8.42 Å². The van der Waals surface area contributed by atoms with Crippen molar-refractivity contribution in [1.29, 1.82) is 0 Å². The van der Waals surface area contributed by atoms with Crippen LogP contribution in [0.15, 0.2) is 24.3 Å². The molecule has 0 radical (unpaired) electrons. The fraction of sp³-hybridized carbons (Fsp3) is 0.667. The Bertz CT molecular complexity index is 418. The highest BCUT2D eigenvalue weighted by molar-refractivity contribution is 7.90. The molecule has 0 amide bonds. The van der Waals surface area contributed by atoms with E-state index in [1.807, 2.05) is 6.08 Å². The number of sulfonamides is 1. The van der Waals surface area contributed by atoms with E-state index in [9.17, 15) is 8.42 Å². The Hall–Kier alpha value is -0.650. The van der Waals surface area contributed by atoms with Crippen LogP contribution in [0.3, 0.4) is 0 Å². The molecule has 0 aromatic carbocycles. The highest BCUT2D eigenvalue weighted by Gasteiger charge is 2.41. The number of hydrogen-bond donors (Lipinski definition) is 1. The standard InChI is InChI=1S/C12H21NO3S/c1-5-10-6-8-13(11(10)7-9-14)17(15,16)12(2,3)4/h5-6,11,14H,1,7-9H2,2-4H3/t11-/m1/s1. The molecule has 0 fully saturated rings. The van der Waals surface area contributed by atoms with Crippen LogP contribution in [0.2, 0.25) is 0 Å². The predicted octanol–water partition coefficient (Wildman–Crippen LogP) is 1.29. The van der Waals surface area contributed by atoms with Gasteiger partial charge in [0.05, 0.1) is 10.8 Å². The lowest BCUT2D eigenvalue weighted by atomic mass is 10.1.